The number of hydrogen-bond donors (Lipinski definition) is 2. The van der Waals surface area contributed by atoms with Gasteiger partial charge in [-0.15, -0.1) is 0 Å². The van der Waals surface area contributed by atoms with Crippen molar-refractivity contribution in [3.05, 3.63) is 34.2 Å². The molecule has 0 saturated carbocycles. The molecule has 5 nitrogen and oxygen atoms in total. The topological polar surface area (TPSA) is 75.0 Å². The fourth-order valence-corrected chi connectivity index (χ4v) is 1.40. The fourth-order valence-electron chi connectivity index (χ4n) is 1.40. The molecule has 2 aromatic rings. The lowest BCUT2D eigenvalue weighted by Crippen LogP contribution is -1.99. The van der Waals surface area contributed by atoms with Crippen molar-refractivity contribution in [3.63, 3.8) is 0 Å². The first-order valence-corrected chi connectivity index (χ1v) is 5.10. The number of carbonyl (C=O) groups is 1. The average Bonchev–Trinajstić information content (AvgIpc) is 2.66. The Morgan fingerprint density at radius 3 is 2.88 bits per heavy atom. The molecule has 0 atom stereocenters. The number of aromatic nitrogens is 2. The summed E-state index contributed by atoms with van der Waals surface area (Å²) in [5, 5.41) is 0. The van der Waals surface area contributed by atoms with Crippen LogP contribution in [0.25, 0.3) is 11.0 Å². The van der Waals surface area contributed by atoms with E-state index in [1.54, 1.807) is 25.1 Å². The maximum absolute atomic E-state index is 11.0. The van der Waals surface area contributed by atoms with Crippen molar-refractivity contribution in [1.82, 2.24) is 9.97 Å². The van der Waals surface area contributed by atoms with Gasteiger partial charge in [0.1, 0.15) is 0 Å². The minimum Gasteiger partial charge on any atom is -0.456 e. The number of ether oxygens (including phenoxy) is 1. The Morgan fingerprint density at radius 2 is 2.12 bits per heavy atom. The molecule has 0 spiro atoms. The van der Waals surface area contributed by atoms with Crippen LogP contribution in [0.5, 0.6) is 0 Å². The highest BCUT2D eigenvalue weighted by atomic mass is 16.5. The largest absolute Gasteiger partial charge is 0.456 e. The van der Waals surface area contributed by atoms with E-state index in [2.05, 4.69) is 26.5 Å². The van der Waals surface area contributed by atoms with Crippen molar-refractivity contribution in [2.45, 2.75) is 6.92 Å². The molecule has 1 heterocycles. The van der Waals surface area contributed by atoms with Crippen LogP contribution in [-0.4, -0.2) is 22.5 Å². The van der Waals surface area contributed by atoms with Crippen LogP contribution in [0.1, 0.15) is 12.5 Å². The minimum absolute atomic E-state index is 0.268. The SMILES string of the molecule is CCOC(=O)C#Cc1ccc2[nH]c(=O)[nH]c2c1. The Morgan fingerprint density at radius 1 is 1.35 bits per heavy atom. The molecule has 0 aliphatic carbocycles. The second kappa shape index (κ2) is 4.58. The van der Waals surface area contributed by atoms with Crippen molar-refractivity contribution in [3.8, 4) is 11.8 Å². The maximum Gasteiger partial charge on any atom is 0.384 e. The van der Waals surface area contributed by atoms with Gasteiger partial charge in [-0.1, -0.05) is 5.92 Å². The normalized spacial score (nSPS) is 9.71. The molecule has 86 valence electrons. The summed E-state index contributed by atoms with van der Waals surface area (Å²) < 4.78 is 4.68. The van der Waals surface area contributed by atoms with E-state index in [-0.39, 0.29) is 5.69 Å². The standard InChI is InChI=1S/C12H10N2O3/c1-2-17-11(15)6-4-8-3-5-9-10(7-8)14-12(16)13-9/h3,5,7H,2H2,1H3,(H2,13,14,16). The predicted octanol–water partition coefficient (Wildman–Crippen LogP) is 0.771. The third kappa shape index (κ3) is 2.55. The van der Waals surface area contributed by atoms with Gasteiger partial charge in [-0.3, -0.25) is 0 Å². The van der Waals surface area contributed by atoms with Gasteiger partial charge in [0.15, 0.2) is 0 Å². The number of hydrogen-bond acceptors (Lipinski definition) is 3. The van der Waals surface area contributed by atoms with E-state index >= 15 is 0 Å². The van der Waals surface area contributed by atoms with E-state index in [9.17, 15) is 9.59 Å². The zero-order valence-electron chi connectivity index (χ0n) is 9.16. The third-order valence-corrected chi connectivity index (χ3v) is 2.10. The van der Waals surface area contributed by atoms with Crippen LogP contribution >= 0.6 is 0 Å². The lowest BCUT2D eigenvalue weighted by molar-refractivity contribution is -0.136. The Kier molecular flexibility index (Phi) is 2.97. The number of nitrogens with one attached hydrogen (secondary N) is 2. The van der Waals surface area contributed by atoms with Crippen LogP contribution in [0.3, 0.4) is 0 Å². The molecule has 1 aromatic heterocycles. The van der Waals surface area contributed by atoms with Crippen molar-refractivity contribution in [1.29, 1.82) is 0 Å². The summed E-state index contributed by atoms with van der Waals surface area (Å²) in [5.74, 6) is 4.47. The van der Waals surface area contributed by atoms with Crippen molar-refractivity contribution in [2.75, 3.05) is 6.61 Å². The molecule has 0 aliphatic rings. The number of benzene rings is 1. The second-order valence-electron chi connectivity index (χ2n) is 3.31. The highest BCUT2D eigenvalue weighted by Gasteiger charge is 1.98. The number of H-pyrrole nitrogens is 2. The van der Waals surface area contributed by atoms with Crippen LogP contribution in [-0.2, 0) is 9.53 Å². The number of carbonyl (C=O) groups excluding carboxylic acids is 1. The first kappa shape index (κ1) is 11.0. The van der Waals surface area contributed by atoms with Gasteiger partial charge in [0.05, 0.1) is 17.6 Å². The molecule has 0 bridgehead atoms. The summed E-state index contributed by atoms with van der Waals surface area (Å²) in [6.07, 6.45) is 0. The fraction of sp³-hybridized carbons (Fsp3) is 0.167. The molecule has 0 amide bonds. The summed E-state index contributed by atoms with van der Waals surface area (Å²) in [6, 6.07) is 5.14. The van der Waals surface area contributed by atoms with Gasteiger partial charge in [-0.2, -0.15) is 0 Å². The second-order valence-corrected chi connectivity index (χ2v) is 3.31. The van der Waals surface area contributed by atoms with Gasteiger partial charge in [-0.25, -0.2) is 9.59 Å². The van der Waals surface area contributed by atoms with E-state index in [0.717, 1.165) is 0 Å². The number of rotatable bonds is 1. The number of esters is 1. The van der Waals surface area contributed by atoms with Crippen LogP contribution < -0.4 is 5.69 Å². The van der Waals surface area contributed by atoms with Crippen molar-refractivity contribution >= 4 is 17.0 Å². The number of aromatic amines is 2. The van der Waals surface area contributed by atoms with Crippen LogP contribution in [0.2, 0.25) is 0 Å². The quantitative estimate of drug-likeness (QED) is 0.561. The van der Waals surface area contributed by atoms with Gasteiger partial charge < -0.3 is 14.7 Å². The molecule has 2 N–H and O–H groups in total. The van der Waals surface area contributed by atoms with Crippen LogP contribution in [0, 0.1) is 11.8 Å². The van der Waals surface area contributed by atoms with Crippen molar-refractivity contribution in [2.24, 2.45) is 0 Å². The van der Waals surface area contributed by atoms with E-state index < -0.39 is 5.97 Å². The van der Waals surface area contributed by atoms with Crippen LogP contribution in [0.15, 0.2) is 23.0 Å². The molecule has 0 saturated heterocycles. The van der Waals surface area contributed by atoms with Gasteiger partial charge >= 0.3 is 11.7 Å². The molecule has 1 aromatic carbocycles. The van der Waals surface area contributed by atoms with Gasteiger partial charge in [0.2, 0.25) is 0 Å². The Bertz CT molecular complexity index is 670. The number of imidazole rings is 1. The van der Waals surface area contributed by atoms with Gasteiger partial charge in [0, 0.05) is 11.5 Å². The van der Waals surface area contributed by atoms with Crippen molar-refractivity contribution < 1.29 is 9.53 Å². The molecule has 5 heteroatoms. The van der Waals surface area contributed by atoms with Crippen LogP contribution in [0.4, 0.5) is 0 Å². The van der Waals surface area contributed by atoms with E-state index in [4.69, 9.17) is 0 Å². The summed E-state index contributed by atoms with van der Waals surface area (Å²) in [7, 11) is 0. The monoisotopic (exact) mass is 230 g/mol. The third-order valence-electron chi connectivity index (χ3n) is 2.10. The predicted molar refractivity (Wildman–Crippen MR) is 62.4 cm³/mol. The molecule has 0 radical (unpaired) electrons. The zero-order chi connectivity index (χ0) is 12.3. The first-order valence-electron chi connectivity index (χ1n) is 5.10. The molecular formula is C12H10N2O3. The highest BCUT2D eigenvalue weighted by Crippen LogP contribution is 2.08. The van der Waals surface area contributed by atoms with E-state index in [1.165, 1.54) is 0 Å². The summed E-state index contributed by atoms with van der Waals surface area (Å²) in [5.41, 5.74) is 1.73. The lowest BCUT2D eigenvalue weighted by atomic mass is 10.2. The Balaban J connectivity index is 2.30. The Hall–Kier alpha value is -2.48. The summed E-state index contributed by atoms with van der Waals surface area (Å²) in [4.78, 5) is 27.3. The lowest BCUT2D eigenvalue weighted by Gasteiger charge is -1.92. The van der Waals surface area contributed by atoms with Gasteiger partial charge in [0.25, 0.3) is 0 Å². The molecule has 0 unspecified atom stereocenters. The van der Waals surface area contributed by atoms with Gasteiger partial charge in [-0.05, 0) is 25.1 Å². The maximum atomic E-state index is 11.0. The molecule has 0 aliphatic heterocycles. The molecule has 17 heavy (non-hydrogen) atoms. The summed E-state index contributed by atoms with van der Waals surface area (Å²) in [6.45, 7) is 2.02. The Labute approximate surface area is 96.8 Å². The minimum atomic E-state index is -0.560. The summed E-state index contributed by atoms with van der Waals surface area (Å²) >= 11 is 0. The molecule has 2 rings (SSSR count). The average molecular weight is 230 g/mol. The molecule has 0 fully saturated rings. The zero-order valence-corrected chi connectivity index (χ0v) is 9.16. The molecular weight excluding hydrogens is 220 g/mol. The highest BCUT2D eigenvalue weighted by molar-refractivity contribution is 5.89. The smallest absolute Gasteiger partial charge is 0.384 e. The first-order chi connectivity index (χ1) is 8.19. The number of fused-ring (bicyclic) bond motifs is 1. The van der Waals surface area contributed by atoms with E-state index in [1.807, 2.05) is 0 Å². The van der Waals surface area contributed by atoms with E-state index in [0.29, 0.717) is 23.2 Å².